The molecule has 0 aliphatic heterocycles. The Morgan fingerprint density at radius 1 is 0.964 bits per heavy atom. The first kappa shape index (κ1) is 21.0. The van der Waals surface area contributed by atoms with Crippen LogP contribution in [0.15, 0.2) is 54.6 Å². The van der Waals surface area contributed by atoms with Crippen molar-refractivity contribution in [1.82, 2.24) is 5.32 Å². The molecule has 28 heavy (non-hydrogen) atoms. The van der Waals surface area contributed by atoms with E-state index in [2.05, 4.69) is 22.5 Å². The normalized spacial score (nSPS) is 11.4. The van der Waals surface area contributed by atoms with Crippen molar-refractivity contribution < 1.29 is 22.8 Å². The molecular formula is C20H20F3N3O2. The summed E-state index contributed by atoms with van der Waals surface area (Å²) in [4.78, 5) is 24.0. The summed E-state index contributed by atoms with van der Waals surface area (Å²) in [6, 6.07) is 7.81. The molecule has 0 saturated heterocycles. The lowest BCUT2D eigenvalue weighted by Crippen LogP contribution is -2.30. The highest BCUT2D eigenvalue weighted by molar-refractivity contribution is 5.94. The van der Waals surface area contributed by atoms with Gasteiger partial charge in [-0.3, -0.25) is 4.79 Å². The van der Waals surface area contributed by atoms with Gasteiger partial charge < -0.3 is 16.0 Å². The van der Waals surface area contributed by atoms with E-state index in [9.17, 15) is 22.8 Å². The molecule has 0 aliphatic carbocycles. The summed E-state index contributed by atoms with van der Waals surface area (Å²) in [6.45, 7) is 5.72. The number of hydrogen-bond donors (Lipinski definition) is 3. The third kappa shape index (κ3) is 6.15. The Hall–Kier alpha value is -3.29. The molecule has 0 unspecified atom stereocenters. The Bertz CT molecular complexity index is 869. The predicted molar refractivity (Wildman–Crippen MR) is 101 cm³/mol. The van der Waals surface area contributed by atoms with E-state index in [1.165, 1.54) is 30.3 Å². The number of carbonyl (C=O) groups excluding carboxylic acids is 2. The highest BCUT2D eigenvalue weighted by Gasteiger charge is 2.16. The van der Waals surface area contributed by atoms with Crippen LogP contribution in [0.4, 0.5) is 29.3 Å². The van der Waals surface area contributed by atoms with E-state index in [1.807, 2.05) is 0 Å². The molecule has 148 valence electrons. The molecule has 2 aromatic carbocycles. The molecule has 8 heteroatoms. The number of anilines is 2. The number of halogens is 3. The molecule has 0 spiro atoms. The number of carbonyl (C=O) groups is 2. The van der Waals surface area contributed by atoms with Gasteiger partial charge >= 0.3 is 6.03 Å². The zero-order valence-corrected chi connectivity index (χ0v) is 15.2. The minimum absolute atomic E-state index is 0.113. The van der Waals surface area contributed by atoms with Gasteiger partial charge in [0.1, 0.15) is 5.82 Å². The zero-order chi connectivity index (χ0) is 20.7. The first-order valence-electron chi connectivity index (χ1n) is 8.50. The molecule has 0 fully saturated rings. The van der Waals surface area contributed by atoms with Crippen molar-refractivity contribution in [2.75, 3.05) is 17.2 Å². The molecule has 0 aromatic heterocycles. The van der Waals surface area contributed by atoms with E-state index in [-0.39, 0.29) is 18.1 Å². The van der Waals surface area contributed by atoms with Crippen molar-refractivity contribution in [2.45, 2.75) is 13.3 Å². The van der Waals surface area contributed by atoms with Crippen LogP contribution in [0, 0.1) is 23.4 Å². The maximum absolute atomic E-state index is 13.1. The number of rotatable bonds is 7. The standard InChI is InChI=1S/C20H20F3N3O2/c1-12(13(2)19(27)25-15-5-3-14(21)4-6-15)9-10-24-20(28)26-16-7-8-17(22)18(23)11-16/h3-8,11,13H,1,9-10H2,2H3,(H,25,27)(H2,24,26,28)/t13-/m0/s1. The van der Waals surface area contributed by atoms with Crippen LogP contribution in [0.3, 0.4) is 0 Å². The smallest absolute Gasteiger partial charge is 0.319 e. The van der Waals surface area contributed by atoms with Crippen LogP contribution in [-0.2, 0) is 4.79 Å². The van der Waals surface area contributed by atoms with Gasteiger partial charge in [0.05, 0.1) is 5.92 Å². The Balaban J connectivity index is 1.75. The third-order valence-corrected chi connectivity index (χ3v) is 4.03. The van der Waals surface area contributed by atoms with Gasteiger partial charge in [0.15, 0.2) is 11.6 Å². The van der Waals surface area contributed by atoms with Crippen LogP contribution in [-0.4, -0.2) is 18.5 Å². The number of benzene rings is 2. The monoisotopic (exact) mass is 391 g/mol. The molecule has 2 aromatic rings. The largest absolute Gasteiger partial charge is 0.338 e. The maximum atomic E-state index is 13.1. The Morgan fingerprint density at radius 2 is 1.61 bits per heavy atom. The van der Waals surface area contributed by atoms with Crippen LogP contribution in [0.5, 0.6) is 0 Å². The van der Waals surface area contributed by atoms with E-state index in [4.69, 9.17) is 0 Å². The van der Waals surface area contributed by atoms with Gasteiger partial charge in [-0.15, -0.1) is 0 Å². The van der Waals surface area contributed by atoms with E-state index in [0.29, 0.717) is 17.7 Å². The Labute approximate surface area is 160 Å². The lowest BCUT2D eigenvalue weighted by atomic mass is 9.99. The molecule has 0 bridgehead atoms. The van der Waals surface area contributed by atoms with Gasteiger partial charge in [0, 0.05) is 24.0 Å². The number of hydrogen-bond acceptors (Lipinski definition) is 2. The summed E-state index contributed by atoms with van der Waals surface area (Å²) < 4.78 is 38.9. The van der Waals surface area contributed by atoms with Crippen molar-refractivity contribution in [1.29, 1.82) is 0 Å². The topological polar surface area (TPSA) is 70.2 Å². The average Bonchev–Trinajstić information content (AvgIpc) is 2.65. The molecule has 1 atom stereocenters. The quantitative estimate of drug-likeness (QED) is 0.611. The van der Waals surface area contributed by atoms with Crippen molar-refractivity contribution in [3.8, 4) is 0 Å². The van der Waals surface area contributed by atoms with Crippen LogP contribution in [0.2, 0.25) is 0 Å². The lowest BCUT2D eigenvalue weighted by Gasteiger charge is -2.15. The van der Waals surface area contributed by atoms with Gasteiger partial charge in [0.25, 0.3) is 0 Å². The van der Waals surface area contributed by atoms with Crippen molar-refractivity contribution in [2.24, 2.45) is 5.92 Å². The SMILES string of the molecule is C=C(CCNC(=O)Nc1ccc(F)c(F)c1)[C@H](C)C(=O)Nc1ccc(F)cc1. The van der Waals surface area contributed by atoms with E-state index in [0.717, 1.165) is 12.1 Å². The molecule has 0 aliphatic rings. The minimum Gasteiger partial charge on any atom is -0.338 e. The lowest BCUT2D eigenvalue weighted by molar-refractivity contribution is -0.118. The molecule has 2 rings (SSSR count). The fourth-order valence-corrected chi connectivity index (χ4v) is 2.27. The van der Waals surface area contributed by atoms with Crippen molar-refractivity contribution >= 4 is 23.3 Å². The molecular weight excluding hydrogens is 371 g/mol. The highest BCUT2D eigenvalue weighted by atomic mass is 19.2. The number of amides is 3. The summed E-state index contributed by atoms with van der Waals surface area (Å²) in [5.41, 5.74) is 1.17. The highest BCUT2D eigenvalue weighted by Crippen LogP contribution is 2.16. The van der Waals surface area contributed by atoms with E-state index in [1.54, 1.807) is 6.92 Å². The van der Waals surface area contributed by atoms with Crippen LogP contribution < -0.4 is 16.0 Å². The van der Waals surface area contributed by atoms with Gasteiger partial charge in [-0.2, -0.15) is 0 Å². The van der Waals surface area contributed by atoms with Gasteiger partial charge in [0.2, 0.25) is 5.91 Å². The fraction of sp³-hybridized carbons (Fsp3) is 0.200. The first-order valence-corrected chi connectivity index (χ1v) is 8.50. The van der Waals surface area contributed by atoms with Crippen LogP contribution in [0.25, 0.3) is 0 Å². The molecule has 3 N–H and O–H groups in total. The second-order valence-corrected chi connectivity index (χ2v) is 6.14. The second kappa shape index (κ2) is 9.59. The fourth-order valence-electron chi connectivity index (χ4n) is 2.27. The van der Waals surface area contributed by atoms with Gasteiger partial charge in [-0.05, 0) is 49.7 Å². The van der Waals surface area contributed by atoms with E-state index < -0.39 is 29.4 Å². The van der Waals surface area contributed by atoms with Crippen molar-refractivity contribution in [3.05, 3.63) is 72.1 Å². The number of nitrogens with one attached hydrogen (secondary N) is 3. The summed E-state index contributed by atoms with van der Waals surface area (Å²) in [5, 5.41) is 7.58. The Morgan fingerprint density at radius 3 is 2.25 bits per heavy atom. The van der Waals surface area contributed by atoms with Crippen LogP contribution in [0.1, 0.15) is 13.3 Å². The summed E-state index contributed by atoms with van der Waals surface area (Å²) in [7, 11) is 0. The van der Waals surface area contributed by atoms with Gasteiger partial charge in [-0.1, -0.05) is 12.2 Å². The van der Waals surface area contributed by atoms with Crippen LogP contribution >= 0.6 is 0 Å². The summed E-state index contributed by atoms with van der Waals surface area (Å²) in [6.07, 6.45) is 0.337. The minimum atomic E-state index is -1.06. The third-order valence-electron chi connectivity index (χ3n) is 4.03. The summed E-state index contributed by atoms with van der Waals surface area (Å²) in [5.74, 6) is -3.30. The zero-order valence-electron chi connectivity index (χ0n) is 15.2. The molecule has 5 nitrogen and oxygen atoms in total. The summed E-state index contributed by atoms with van der Waals surface area (Å²) >= 11 is 0. The van der Waals surface area contributed by atoms with Gasteiger partial charge in [-0.25, -0.2) is 18.0 Å². The Kier molecular flexibility index (Phi) is 7.20. The molecule has 0 saturated carbocycles. The first-order chi connectivity index (χ1) is 13.3. The molecule has 0 radical (unpaired) electrons. The number of urea groups is 1. The van der Waals surface area contributed by atoms with E-state index >= 15 is 0 Å². The second-order valence-electron chi connectivity index (χ2n) is 6.14. The average molecular weight is 391 g/mol. The molecule has 3 amide bonds. The maximum Gasteiger partial charge on any atom is 0.319 e. The molecule has 0 heterocycles. The predicted octanol–water partition coefficient (Wildman–Crippen LogP) is 4.45. The van der Waals surface area contributed by atoms with Crippen molar-refractivity contribution in [3.63, 3.8) is 0 Å².